The molecule has 37 heavy (non-hydrogen) atoms. The fourth-order valence-corrected chi connectivity index (χ4v) is 5.11. The molecule has 0 atom stereocenters. The van der Waals surface area contributed by atoms with Crippen molar-refractivity contribution < 1.29 is 78.2 Å². The molecule has 3 rings (SSSR count). The van der Waals surface area contributed by atoms with Crippen LogP contribution in [0.1, 0.15) is 5.56 Å². The summed E-state index contributed by atoms with van der Waals surface area (Å²) in [5, 5.41) is 14.3. The molecule has 0 bridgehead atoms. The van der Waals surface area contributed by atoms with Gasteiger partial charge in [-0.1, -0.05) is 6.07 Å². The van der Waals surface area contributed by atoms with Crippen LogP contribution in [-0.4, -0.2) is 49.9 Å². The Morgan fingerprint density at radius 2 is 1.38 bits per heavy atom. The van der Waals surface area contributed by atoms with E-state index in [0.717, 1.165) is 6.07 Å². The number of carbonyl (C=O) groups is 1. The van der Waals surface area contributed by atoms with Gasteiger partial charge in [0, 0.05) is 22.7 Å². The van der Waals surface area contributed by atoms with Crippen LogP contribution in [0.3, 0.4) is 0 Å². The second-order valence-electron chi connectivity index (χ2n) is 7.25. The van der Waals surface area contributed by atoms with E-state index in [9.17, 15) is 53.8 Å². The summed E-state index contributed by atoms with van der Waals surface area (Å²) in [6, 6.07) is 4.75. The SMILES string of the molecule is Cc1ccc(NC(=O)Nc2cc(S(=O)(=O)O)cc3cc(S(=O)(=O)O)cc(S(=O)(=O)O)c23)cc1[N+](=O)[O-].[Na+]. The van der Waals surface area contributed by atoms with Gasteiger partial charge in [0.15, 0.2) is 0 Å². The van der Waals surface area contributed by atoms with E-state index in [-0.39, 0.29) is 46.5 Å². The minimum absolute atomic E-state index is 0. The Labute approximate surface area is 231 Å². The van der Waals surface area contributed by atoms with Gasteiger partial charge in [-0.2, -0.15) is 25.3 Å². The van der Waals surface area contributed by atoms with Crippen molar-refractivity contribution in [1.29, 1.82) is 0 Å². The van der Waals surface area contributed by atoms with Crippen molar-refractivity contribution in [2.24, 2.45) is 0 Å². The molecule has 15 nitrogen and oxygen atoms in total. The molecule has 0 saturated heterocycles. The van der Waals surface area contributed by atoms with Crippen LogP contribution in [0.15, 0.2) is 57.2 Å². The molecule has 3 aromatic rings. The van der Waals surface area contributed by atoms with Crippen LogP contribution in [0.5, 0.6) is 0 Å². The number of carbonyl (C=O) groups excluding carboxylic acids is 1. The molecule has 0 spiro atoms. The molecule has 0 aromatic heterocycles. The molecule has 0 radical (unpaired) electrons. The number of nitro groups is 1. The van der Waals surface area contributed by atoms with Gasteiger partial charge in [0.1, 0.15) is 4.90 Å². The number of nitrogens with zero attached hydrogens (tertiary/aromatic N) is 1. The smallest absolute Gasteiger partial charge is 0.307 e. The van der Waals surface area contributed by atoms with Crippen LogP contribution in [0.2, 0.25) is 0 Å². The van der Waals surface area contributed by atoms with Crippen LogP contribution >= 0.6 is 0 Å². The van der Waals surface area contributed by atoms with E-state index < -0.39 is 72.5 Å². The molecular weight excluding hydrogens is 569 g/mol. The number of anilines is 2. The molecule has 0 aliphatic heterocycles. The quantitative estimate of drug-likeness (QED) is 0.106. The van der Waals surface area contributed by atoms with E-state index in [2.05, 4.69) is 10.6 Å². The van der Waals surface area contributed by atoms with Crippen molar-refractivity contribution >= 4 is 64.2 Å². The first-order valence-corrected chi connectivity index (χ1v) is 13.6. The van der Waals surface area contributed by atoms with Crippen LogP contribution in [0, 0.1) is 17.0 Å². The van der Waals surface area contributed by atoms with Crippen LogP contribution in [0.25, 0.3) is 10.8 Å². The molecule has 0 fully saturated rings. The molecule has 0 heterocycles. The Bertz CT molecular complexity index is 1770. The average Bonchev–Trinajstić information content (AvgIpc) is 2.71. The van der Waals surface area contributed by atoms with Gasteiger partial charge in [0.2, 0.25) is 0 Å². The molecule has 0 aliphatic rings. The van der Waals surface area contributed by atoms with E-state index in [1.165, 1.54) is 19.1 Å². The zero-order valence-corrected chi connectivity index (χ0v) is 23.2. The second kappa shape index (κ2) is 10.6. The van der Waals surface area contributed by atoms with Crippen molar-refractivity contribution in [2.45, 2.75) is 21.6 Å². The predicted molar refractivity (Wildman–Crippen MR) is 124 cm³/mol. The Hall–Kier alpha value is -2.68. The van der Waals surface area contributed by atoms with Crippen LogP contribution < -0.4 is 40.2 Å². The standard InChI is InChI=1S/C18H15N3O12S3.Na/c1-9-2-3-11(6-15(9)21(23)24)19-18(22)20-14-7-12(34(25,26)27)4-10-5-13(35(28,29)30)8-16(17(10)14)36(31,32)33;/h2-8H,1H3,(H2,19,20,22)(H,25,26,27)(H,28,29,30)(H,31,32,33);/q;+1. The van der Waals surface area contributed by atoms with Crippen molar-refractivity contribution in [2.75, 3.05) is 10.6 Å². The fraction of sp³-hybridized carbons (Fsp3) is 0.0556. The maximum atomic E-state index is 12.6. The van der Waals surface area contributed by atoms with Crippen LogP contribution in [0.4, 0.5) is 21.9 Å². The van der Waals surface area contributed by atoms with E-state index in [0.29, 0.717) is 24.3 Å². The van der Waals surface area contributed by atoms with E-state index in [1.807, 2.05) is 0 Å². The third-order valence-corrected chi connectivity index (χ3v) is 7.29. The molecule has 19 heteroatoms. The summed E-state index contributed by atoms with van der Waals surface area (Å²) in [6.45, 7) is 1.45. The normalized spacial score (nSPS) is 12.0. The van der Waals surface area contributed by atoms with Gasteiger partial charge >= 0.3 is 35.6 Å². The largest absolute Gasteiger partial charge is 1.00 e. The van der Waals surface area contributed by atoms with E-state index >= 15 is 0 Å². The summed E-state index contributed by atoms with van der Waals surface area (Å²) in [6.07, 6.45) is 0. The van der Waals surface area contributed by atoms with Crippen molar-refractivity contribution in [3.8, 4) is 0 Å². The van der Waals surface area contributed by atoms with Gasteiger partial charge in [-0.05, 0) is 42.6 Å². The van der Waals surface area contributed by atoms with Gasteiger partial charge in [-0.15, -0.1) is 0 Å². The van der Waals surface area contributed by atoms with Crippen molar-refractivity contribution in [3.05, 3.63) is 58.1 Å². The third kappa shape index (κ3) is 7.00. The summed E-state index contributed by atoms with van der Waals surface area (Å²) in [5.74, 6) is 0. The van der Waals surface area contributed by atoms with E-state index in [4.69, 9.17) is 0 Å². The zero-order chi connectivity index (χ0) is 27.2. The third-order valence-electron chi connectivity index (χ3n) is 4.75. The number of rotatable bonds is 6. The molecule has 2 amide bonds. The molecule has 3 aromatic carbocycles. The molecule has 5 N–H and O–H groups in total. The minimum Gasteiger partial charge on any atom is -0.307 e. The van der Waals surface area contributed by atoms with Gasteiger partial charge in [-0.25, -0.2) is 4.79 Å². The Balaban J connectivity index is 0.00000481. The fourth-order valence-electron chi connectivity index (χ4n) is 3.19. The number of benzene rings is 3. The van der Waals surface area contributed by atoms with Crippen molar-refractivity contribution in [1.82, 2.24) is 0 Å². The Morgan fingerprint density at radius 3 is 1.86 bits per heavy atom. The minimum atomic E-state index is -5.23. The Kier molecular flexibility index (Phi) is 8.74. The number of nitro benzene ring substituents is 1. The summed E-state index contributed by atoms with van der Waals surface area (Å²) in [7, 11) is -15.3. The number of urea groups is 1. The van der Waals surface area contributed by atoms with Crippen LogP contribution in [-0.2, 0) is 30.4 Å². The monoisotopic (exact) mass is 584 g/mol. The Morgan fingerprint density at radius 1 is 0.838 bits per heavy atom. The van der Waals surface area contributed by atoms with Gasteiger partial charge in [-0.3, -0.25) is 23.8 Å². The summed E-state index contributed by atoms with van der Waals surface area (Å²) >= 11 is 0. The maximum Gasteiger partial charge on any atom is 1.00 e. The van der Waals surface area contributed by atoms with Gasteiger partial charge < -0.3 is 10.6 Å². The van der Waals surface area contributed by atoms with Gasteiger partial charge in [0.05, 0.1) is 20.4 Å². The zero-order valence-electron chi connectivity index (χ0n) is 18.7. The van der Waals surface area contributed by atoms with Gasteiger partial charge in [0.25, 0.3) is 36.0 Å². The molecular formula is C18H15N3NaO12S3+. The summed E-state index contributed by atoms with van der Waals surface area (Å²) in [4.78, 5) is 19.9. The summed E-state index contributed by atoms with van der Waals surface area (Å²) < 4.78 is 99.0. The second-order valence-corrected chi connectivity index (χ2v) is 11.5. The first kappa shape index (κ1) is 30.5. The number of fused-ring (bicyclic) bond motifs is 1. The van der Waals surface area contributed by atoms with Crippen molar-refractivity contribution in [3.63, 3.8) is 0 Å². The molecule has 0 saturated carbocycles. The first-order chi connectivity index (χ1) is 16.4. The number of amides is 2. The maximum absolute atomic E-state index is 12.6. The number of nitrogens with one attached hydrogen (secondary N) is 2. The molecule has 192 valence electrons. The number of aryl methyl sites for hydroxylation is 1. The topological polar surface area (TPSA) is 247 Å². The predicted octanol–water partition coefficient (Wildman–Crippen LogP) is -0.555. The number of hydrogen-bond donors (Lipinski definition) is 5. The molecule has 0 aliphatic carbocycles. The average molecular weight is 585 g/mol. The first-order valence-electron chi connectivity index (χ1n) is 9.25. The van der Waals surface area contributed by atoms with E-state index in [1.54, 1.807) is 0 Å². The summed E-state index contributed by atoms with van der Waals surface area (Å²) in [5.41, 5.74) is -0.763. The molecule has 0 unspecified atom stereocenters. The number of hydrogen-bond acceptors (Lipinski definition) is 9.